The van der Waals surface area contributed by atoms with E-state index >= 15 is 0 Å². The summed E-state index contributed by atoms with van der Waals surface area (Å²) >= 11 is 7.96. The molecule has 0 bridgehead atoms. The van der Waals surface area contributed by atoms with Crippen molar-refractivity contribution in [2.24, 2.45) is 0 Å². The van der Waals surface area contributed by atoms with E-state index in [1.54, 1.807) is 11.3 Å². The van der Waals surface area contributed by atoms with Gasteiger partial charge < -0.3 is 15.1 Å². The summed E-state index contributed by atoms with van der Waals surface area (Å²) in [6.07, 6.45) is 3.49. The van der Waals surface area contributed by atoms with Crippen LogP contribution in [0, 0.1) is 20.8 Å². The summed E-state index contributed by atoms with van der Waals surface area (Å²) in [6.45, 7) is 12.4. The first-order chi connectivity index (χ1) is 17.8. The van der Waals surface area contributed by atoms with Gasteiger partial charge in [0.15, 0.2) is 0 Å². The highest BCUT2D eigenvalue weighted by Crippen LogP contribution is 2.44. The Balaban J connectivity index is 1.37. The van der Waals surface area contributed by atoms with Crippen molar-refractivity contribution in [3.63, 3.8) is 0 Å². The molecule has 1 fully saturated rings. The maximum Gasteiger partial charge on any atom is 0.221 e. The lowest BCUT2D eigenvalue weighted by molar-refractivity contribution is -0.121. The predicted octanol–water partition coefficient (Wildman–Crippen LogP) is 4.58. The van der Waals surface area contributed by atoms with Crippen molar-refractivity contribution in [1.29, 1.82) is 0 Å². The number of hydrogen-bond acceptors (Lipinski definition) is 6. The number of fused-ring (bicyclic) bond motifs is 3. The van der Waals surface area contributed by atoms with Gasteiger partial charge in [0.2, 0.25) is 5.91 Å². The number of likely N-dealkylation sites (N-methyl/N-ethyl adjacent to an activating group) is 1. The number of nitrogens with one attached hydrogen (secondary N) is 1. The Kier molecular flexibility index (Phi) is 7.81. The van der Waals surface area contributed by atoms with Gasteiger partial charge in [-0.3, -0.25) is 9.36 Å². The summed E-state index contributed by atoms with van der Waals surface area (Å²) in [6, 6.07) is 7.95. The molecule has 1 amide bonds. The molecule has 5 rings (SSSR count). The maximum atomic E-state index is 13.1. The molecule has 1 N–H and O–H groups in total. The van der Waals surface area contributed by atoms with E-state index in [9.17, 15) is 4.79 Å². The highest BCUT2D eigenvalue weighted by atomic mass is 35.5. The fourth-order valence-electron chi connectivity index (χ4n) is 5.21. The first-order valence-corrected chi connectivity index (χ1v) is 14.2. The molecule has 7 nitrogen and oxygen atoms in total. The zero-order valence-corrected chi connectivity index (χ0v) is 23.6. The molecule has 9 heteroatoms. The molecular weight excluding hydrogens is 504 g/mol. The highest BCUT2D eigenvalue weighted by Gasteiger charge is 2.31. The van der Waals surface area contributed by atoms with Gasteiger partial charge in [0.25, 0.3) is 0 Å². The van der Waals surface area contributed by atoms with Crippen LogP contribution in [-0.2, 0) is 4.79 Å². The minimum Gasteiger partial charge on any atom is -0.356 e. The van der Waals surface area contributed by atoms with E-state index in [0.717, 1.165) is 66.9 Å². The first kappa shape index (κ1) is 26.1. The summed E-state index contributed by atoms with van der Waals surface area (Å²) in [5.74, 6) is 1.50. The van der Waals surface area contributed by atoms with Crippen LogP contribution in [0.1, 0.15) is 52.0 Å². The van der Waals surface area contributed by atoms with Gasteiger partial charge in [0.05, 0.1) is 0 Å². The Hall–Kier alpha value is -2.52. The van der Waals surface area contributed by atoms with E-state index in [4.69, 9.17) is 11.6 Å². The SMILES string of the molecule is Cc1sc2c(c1C)C(c1ccc(Cl)cc1)=CC(CC(=O)NCCCN1CCN(C)CC1)c1nnc(C)n1-2. The second kappa shape index (κ2) is 11.1. The molecule has 2 aliphatic rings. The van der Waals surface area contributed by atoms with Crippen LogP contribution in [0.25, 0.3) is 10.6 Å². The molecule has 2 aromatic heterocycles. The van der Waals surface area contributed by atoms with Crippen LogP contribution in [-0.4, -0.2) is 76.8 Å². The van der Waals surface area contributed by atoms with Crippen LogP contribution >= 0.6 is 22.9 Å². The van der Waals surface area contributed by atoms with Crippen LogP contribution in [0.2, 0.25) is 5.02 Å². The molecule has 3 aromatic rings. The van der Waals surface area contributed by atoms with Crippen molar-refractivity contribution >= 4 is 34.4 Å². The molecule has 196 valence electrons. The summed E-state index contributed by atoms with van der Waals surface area (Å²) in [5, 5.41) is 13.9. The number of halogens is 1. The van der Waals surface area contributed by atoms with Gasteiger partial charge >= 0.3 is 0 Å². The number of amides is 1. The number of nitrogens with zero attached hydrogens (tertiary/aromatic N) is 5. The summed E-state index contributed by atoms with van der Waals surface area (Å²) in [7, 11) is 2.17. The van der Waals surface area contributed by atoms with E-state index in [0.29, 0.717) is 18.0 Å². The van der Waals surface area contributed by atoms with Crippen LogP contribution in [0.15, 0.2) is 30.3 Å². The van der Waals surface area contributed by atoms with E-state index in [1.807, 2.05) is 19.1 Å². The van der Waals surface area contributed by atoms with E-state index in [1.165, 1.54) is 16.0 Å². The molecule has 1 unspecified atom stereocenters. The quantitative estimate of drug-likeness (QED) is 0.446. The Morgan fingerprint density at radius 2 is 1.84 bits per heavy atom. The zero-order chi connectivity index (χ0) is 26.1. The molecule has 2 aliphatic heterocycles. The predicted molar refractivity (Wildman–Crippen MR) is 151 cm³/mol. The lowest BCUT2D eigenvalue weighted by Crippen LogP contribution is -2.45. The number of aromatic nitrogens is 3. The van der Waals surface area contributed by atoms with Gasteiger partial charge in [-0.25, -0.2) is 0 Å². The molecular formula is C28H35ClN6OS. The van der Waals surface area contributed by atoms with E-state index in [-0.39, 0.29) is 11.8 Å². The zero-order valence-electron chi connectivity index (χ0n) is 22.1. The Bertz CT molecular complexity index is 1300. The molecule has 4 heterocycles. The summed E-state index contributed by atoms with van der Waals surface area (Å²) in [4.78, 5) is 19.2. The Morgan fingerprint density at radius 1 is 1.11 bits per heavy atom. The van der Waals surface area contributed by atoms with E-state index < -0.39 is 0 Å². The topological polar surface area (TPSA) is 66.3 Å². The van der Waals surface area contributed by atoms with Gasteiger partial charge in [0.1, 0.15) is 16.6 Å². The van der Waals surface area contributed by atoms with Crippen LogP contribution < -0.4 is 5.32 Å². The number of aryl methyl sites for hydroxylation is 2. The van der Waals surface area contributed by atoms with Crippen LogP contribution in [0.3, 0.4) is 0 Å². The lowest BCUT2D eigenvalue weighted by Gasteiger charge is -2.32. The third-order valence-electron chi connectivity index (χ3n) is 7.52. The average Bonchev–Trinajstić information content (AvgIpc) is 3.35. The van der Waals surface area contributed by atoms with Gasteiger partial charge in [-0.2, -0.15) is 0 Å². The number of rotatable bonds is 7. The Labute approximate surface area is 228 Å². The highest BCUT2D eigenvalue weighted by molar-refractivity contribution is 7.15. The number of allylic oxidation sites excluding steroid dienone is 1. The monoisotopic (exact) mass is 538 g/mol. The smallest absolute Gasteiger partial charge is 0.221 e. The number of benzene rings is 1. The molecule has 37 heavy (non-hydrogen) atoms. The van der Waals surface area contributed by atoms with Gasteiger partial charge in [-0.1, -0.05) is 29.8 Å². The van der Waals surface area contributed by atoms with Crippen molar-refractivity contribution < 1.29 is 4.79 Å². The van der Waals surface area contributed by atoms with Crippen molar-refractivity contribution in [3.05, 3.63) is 68.6 Å². The standard InChI is InChI=1S/C28H35ClN6OS/c1-18-19(2)37-28-26(18)24(21-6-8-23(29)9-7-21)16-22(27-32-31-20(3)35(27)28)17-25(36)30-10-5-11-34-14-12-33(4)13-15-34/h6-9,16,22H,5,10-15,17H2,1-4H3,(H,30,36). The lowest BCUT2D eigenvalue weighted by atomic mass is 9.92. The number of thiophene rings is 1. The van der Waals surface area contributed by atoms with Crippen molar-refractivity contribution in [1.82, 2.24) is 29.9 Å². The first-order valence-electron chi connectivity index (χ1n) is 13.0. The summed E-state index contributed by atoms with van der Waals surface area (Å²) in [5.41, 5.74) is 4.63. The largest absolute Gasteiger partial charge is 0.356 e. The minimum absolute atomic E-state index is 0.0421. The third kappa shape index (κ3) is 5.53. The number of hydrogen-bond donors (Lipinski definition) is 1. The summed E-state index contributed by atoms with van der Waals surface area (Å²) < 4.78 is 2.14. The van der Waals surface area contributed by atoms with Crippen molar-refractivity contribution in [2.45, 2.75) is 39.5 Å². The third-order valence-corrected chi connectivity index (χ3v) is 8.96. The van der Waals surface area contributed by atoms with Crippen molar-refractivity contribution in [2.75, 3.05) is 46.3 Å². The maximum absolute atomic E-state index is 13.1. The fourth-order valence-corrected chi connectivity index (χ4v) is 6.56. The number of piperazine rings is 1. The Morgan fingerprint density at radius 3 is 2.57 bits per heavy atom. The molecule has 0 radical (unpaired) electrons. The molecule has 0 spiro atoms. The second-order valence-electron chi connectivity index (χ2n) is 10.2. The second-order valence-corrected chi connectivity index (χ2v) is 11.8. The average molecular weight is 539 g/mol. The normalized spacial score (nSPS) is 18.2. The molecule has 1 saturated heterocycles. The van der Waals surface area contributed by atoms with Crippen LogP contribution in [0.5, 0.6) is 0 Å². The molecule has 0 aliphatic carbocycles. The number of carbonyl (C=O) groups excluding carboxylic acids is 1. The number of carbonyl (C=O) groups is 1. The van der Waals surface area contributed by atoms with Crippen molar-refractivity contribution in [3.8, 4) is 5.00 Å². The van der Waals surface area contributed by atoms with Gasteiger partial charge in [-0.15, -0.1) is 21.5 Å². The molecule has 1 aromatic carbocycles. The van der Waals surface area contributed by atoms with Gasteiger partial charge in [0, 0.05) is 60.5 Å². The van der Waals surface area contributed by atoms with Gasteiger partial charge in [-0.05, 0) is 69.6 Å². The molecule has 0 saturated carbocycles. The fraction of sp³-hybridized carbons (Fsp3) is 0.464. The van der Waals surface area contributed by atoms with Crippen LogP contribution in [0.4, 0.5) is 0 Å². The minimum atomic E-state index is -0.191. The molecule has 1 atom stereocenters. The van der Waals surface area contributed by atoms with E-state index in [2.05, 4.69) is 69.0 Å².